The second kappa shape index (κ2) is 8.53. The molecule has 0 spiro atoms. The summed E-state index contributed by atoms with van der Waals surface area (Å²) in [4.78, 5) is 12.6. The molecule has 1 amide bonds. The first-order chi connectivity index (χ1) is 13.4. The van der Waals surface area contributed by atoms with Gasteiger partial charge in [-0.3, -0.25) is 9.10 Å². The predicted molar refractivity (Wildman–Crippen MR) is 110 cm³/mol. The number of amides is 1. The van der Waals surface area contributed by atoms with Crippen molar-refractivity contribution in [3.63, 3.8) is 0 Å². The first-order valence-corrected chi connectivity index (χ1v) is 10.5. The first-order valence-electron chi connectivity index (χ1n) is 8.25. The zero-order valence-electron chi connectivity index (χ0n) is 14.5. The predicted octanol–water partition coefficient (Wildman–Crippen LogP) is 4.42. The van der Waals surface area contributed by atoms with Crippen LogP contribution in [0.4, 0.5) is 15.8 Å². The van der Waals surface area contributed by atoms with Gasteiger partial charge in [-0.1, -0.05) is 40.2 Å². The number of nitrogens with zero attached hydrogens (tertiary/aromatic N) is 1. The topological polar surface area (TPSA) is 66.5 Å². The third kappa shape index (κ3) is 4.76. The Bertz CT molecular complexity index is 1070. The van der Waals surface area contributed by atoms with Crippen LogP contribution in [0.5, 0.6) is 0 Å². The van der Waals surface area contributed by atoms with Gasteiger partial charge in [0.1, 0.15) is 12.4 Å². The number of nitrogens with one attached hydrogen (secondary N) is 1. The highest BCUT2D eigenvalue weighted by Crippen LogP contribution is 2.24. The van der Waals surface area contributed by atoms with Gasteiger partial charge in [0, 0.05) is 10.2 Å². The van der Waals surface area contributed by atoms with Crippen molar-refractivity contribution in [3.05, 3.63) is 89.2 Å². The van der Waals surface area contributed by atoms with Crippen molar-refractivity contribution < 1.29 is 17.6 Å². The lowest BCUT2D eigenvalue weighted by Crippen LogP contribution is -2.38. The molecule has 0 aliphatic heterocycles. The van der Waals surface area contributed by atoms with Crippen LogP contribution in [0.1, 0.15) is 0 Å². The summed E-state index contributed by atoms with van der Waals surface area (Å²) < 4.78 is 41.2. The average molecular weight is 463 g/mol. The Kier molecular flexibility index (Phi) is 6.11. The highest BCUT2D eigenvalue weighted by atomic mass is 79.9. The van der Waals surface area contributed by atoms with E-state index in [-0.39, 0.29) is 10.6 Å². The third-order valence-corrected chi connectivity index (χ3v) is 6.12. The number of carbonyl (C=O) groups excluding carboxylic acids is 1. The molecule has 0 aliphatic carbocycles. The Balaban J connectivity index is 1.92. The number of hydrogen-bond acceptors (Lipinski definition) is 3. The van der Waals surface area contributed by atoms with Gasteiger partial charge < -0.3 is 5.32 Å². The molecule has 3 rings (SSSR count). The van der Waals surface area contributed by atoms with E-state index < -0.39 is 28.3 Å². The van der Waals surface area contributed by atoms with Crippen LogP contribution in [0.15, 0.2) is 88.2 Å². The van der Waals surface area contributed by atoms with Gasteiger partial charge in [0.05, 0.1) is 10.6 Å². The summed E-state index contributed by atoms with van der Waals surface area (Å²) in [5, 5.41) is 2.67. The fourth-order valence-corrected chi connectivity index (χ4v) is 4.38. The number of rotatable bonds is 6. The fourth-order valence-electron chi connectivity index (χ4n) is 2.54. The van der Waals surface area contributed by atoms with Gasteiger partial charge in [-0.25, -0.2) is 12.8 Å². The SMILES string of the molecule is O=C(CN(c1ccc(F)cc1)S(=O)(=O)c1ccccc1)Nc1cccc(Br)c1. The molecular weight excluding hydrogens is 447 g/mol. The van der Waals surface area contributed by atoms with Gasteiger partial charge in [-0.2, -0.15) is 0 Å². The van der Waals surface area contributed by atoms with Gasteiger partial charge >= 0.3 is 0 Å². The van der Waals surface area contributed by atoms with Crippen molar-refractivity contribution in [2.45, 2.75) is 4.90 Å². The Morgan fingerprint density at radius 3 is 2.29 bits per heavy atom. The Morgan fingerprint density at radius 2 is 1.64 bits per heavy atom. The quantitative estimate of drug-likeness (QED) is 0.589. The first kappa shape index (κ1) is 20.0. The Labute approximate surface area is 171 Å². The van der Waals surface area contributed by atoms with E-state index in [4.69, 9.17) is 0 Å². The summed E-state index contributed by atoms with van der Waals surface area (Å²) in [5.74, 6) is -1.03. The summed E-state index contributed by atoms with van der Waals surface area (Å²) in [5.41, 5.74) is 0.713. The maximum atomic E-state index is 13.3. The van der Waals surface area contributed by atoms with Gasteiger partial charge in [0.2, 0.25) is 5.91 Å². The number of hydrogen-bond donors (Lipinski definition) is 1. The van der Waals surface area contributed by atoms with Crippen molar-refractivity contribution in [2.24, 2.45) is 0 Å². The van der Waals surface area contributed by atoms with E-state index in [2.05, 4.69) is 21.2 Å². The molecular formula is C20H16BrFN2O3S. The summed E-state index contributed by atoms with van der Waals surface area (Å²) in [6.45, 7) is -0.463. The lowest BCUT2D eigenvalue weighted by atomic mass is 10.3. The third-order valence-electron chi connectivity index (χ3n) is 3.84. The molecule has 3 aromatic carbocycles. The van der Waals surface area contributed by atoms with Crippen LogP contribution in [-0.4, -0.2) is 20.9 Å². The smallest absolute Gasteiger partial charge is 0.264 e. The maximum Gasteiger partial charge on any atom is 0.264 e. The number of halogens is 2. The molecule has 0 aliphatic rings. The minimum atomic E-state index is -4.02. The summed E-state index contributed by atoms with van der Waals surface area (Å²) in [7, 11) is -4.02. The zero-order valence-corrected chi connectivity index (χ0v) is 17.0. The van der Waals surface area contributed by atoms with Crippen LogP contribution in [-0.2, 0) is 14.8 Å². The molecule has 0 aromatic heterocycles. The fraction of sp³-hybridized carbons (Fsp3) is 0.0500. The van der Waals surface area contributed by atoms with Crippen molar-refractivity contribution in [1.82, 2.24) is 0 Å². The molecule has 1 N–H and O–H groups in total. The number of anilines is 2. The lowest BCUT2D eigenvalue weighted by Gasteiger charge is -2.24. The number of carbonyl (C=O) groups is 1. The van der Waals surface area contributed by atoms with Gasteiger partial charge in [-0.15, -0.1) is 0 Å². The summed E-state index contributed by atoms with van der Waals surface area (Å²) in [6.07, 6.45) is 0. The van der Waals surface area contributed by atoms with Crippen LogP contribution >= 0.6 is 15.9 Å². The molecule has 0 saturated heterocycles. The normalized spacial score (nSPS) is 11.1. The highest BCUT2D eigenvalue weighted by molar-refractivity contribution is 9.10. The highest BCUT2D eigenvalue weighted by Gasteiger charge is 2.27. The van der Waals surface area contributed by atoms with Crippen molar-refractivity contribution in [1.29, 1.82) is 0 Å². The lowest BCUT2D eigenvalue weighted by molar-refractivity contribution is -0.114. The van der Waals surface area contributed by atoms with Crippen molar-refractivity contribution in [2.75, 3.05) is 16.2 Å². The molecule has 0 heterocycles. The maximum absolute atomic E-state index is 13.3. The van der Waals surface area contributed by atoms with Crippen LogP contribution in [0.2, 0.25) is 0 Å². The summed E-state index contributed by atoms with van der Waals surface area (Å²) in [6, 6.07) is 19.7. The van der Waals surface area contributed by atoms with Crippen LogP contribution < -0.4 is 9.62 Å². The molecule has 8 heteroatoms. The summed E-state index contributed by atoms with van der Waals surface area (Å²) >= 11 is 3.32. The largest absolute Gasteiger partial charge is 0.324 e. The molecule has 28 heavy (non-hydrogen) atoms. The molecule has 5 nitrogen and oxygen atoms in total. The van der Waals surface area contributed by atoms with E-state index in [1.165, 1.54) is 24.3 Å². The average Bonchev–Trinajstić information content (AvgIpc) is 2.67. The van der Waals surface area contributed by atoms with Crippen LogP contribution in [0.3, 0.4) is 0 Å². The molecule has 0 fully saturated rings. The standard InChI is InChI=1S/C20H16BrFN2O3S/c21-15-5-4-6-17(13-15)23-20(25)14-24(18-11-9-16(22)10-12-18)28(26,27)19-7-2-1-3-8-19/h1-13H,14H2,(H,23,25). The van der Waals surface area contributed by atoms with Crippen molar-refractivity contribution in [3.8, 4) is 0 Å². The number of sulfonamides is 1. The van der Waals surface area contributed by atoms with Gasteiger partial charge in [0.25, 0.3) is 10.0 Å². The van der Waals surface area contributed by atoms with Gasteiger partial charge in [0.15, 0.2) is 0 Å². The minimum Gasteiger partial charge on any atom is -0.324 e. The van der Waals surface area contributed by atoms with E-state index in [0.717, 1.165) is 20.9 Å². The van der Waals surface area contributed by atoms with E-state index in [1.807, 2.05) is 0 Å². The molecule has 144 valence electrons. The zero-order chi connectivity index (χ0) is 20.1. The number of benzene rings is 3. The molecule has 3 aromatic rings. The molecule has 0 atom stereocenters. The minimum absolute atomic E-state index is 0.0366. The van der Waals surface area contributed by atoms with Crippen molar-refractivity contribution >= 4 is 43.2 Å². The van der Waals surface area contributed by atoms with E-state index in [1.54, 1.807) is 42.5 Å². The Hall–Kier alpha value is -2.71. The molecule has 0 bridgehead atoms. The van der Waals surface area contributed by atoms with Crippen LogP contribution in [0.25, 0.3) is 0 Å². The molecule has 0 saturated carbocycles. The molecule has 0 radical (unpaired) electrons. The Morgan fingerprint density at radius 1 is 0.964 bits per heavy atom. The molecule has 0 unspecified atom stereocenters. The van der Waals surface area contributed by atoms with Gasteiger partial charge in [-0.05, 0) is 54.6 Å². The van der Waals surface area contributed by atoms with E-state index >= 15 is 0 Å². The second-order valence-corrected chi connectivity index (χ2v) is 8.64. The second-order valence-electron chi connectivity index (χ2n) is 5.86. The monoisotopic (exact) mass is 462 g/mol. The van der Waals surface area contributed by atoms with Crippen LogP contribution in [0, 0.1) is 5.82 Å². The van der Waals surface area contributed by atoms with E-state index in [0.29, 0.717) is 5.69 Å². The van der Waals surface area contributed by atoms with E-state index in [9.17, 15) is 17.6 Å².